The average molecular weight is 147 g/mol. The van der Waals surface area contributed by atoms with Crippen LogP contribution in [-0.4, -0.2) is 0 Å². The predicted octanol–water partition coefficient (Wildman–Crippen LogP) is 2.23. The van der Waals surface area contributed by atoms with Gasteiger partial charge in [0.2, 0.25) is 0 Å². The van der Waals surface area contributed by atoms with Crippen LogP contribution < -0.4 is 5.73 Å². The maximum absolute atomic E-state index is 5.62. The van der Waals surface area contributed by atoms with Crippen molar-refractivity contribution in [2.75, 3.05) is 0 Å². The highest BCUT2D eigenvalue weighted by atomic mass is 14.6. The van der Waals surface area contributed by atoms with E-state index in [0.29, 0.717) is 5.70 Å². The fourth-order valence-electron chi connectivity index (χ4n) is 1.32. The van der Waals surface area contributed by atoms with Crippen LogP contribution >= 0.6 is 0 Å². The van der Waals surface area contributed by atoms with Crippen LogP contribution in [0.3, 0.4) is 0 Å². The number of nitrogens with two attached hydrogens (primary N) is 1. The summed E-state index contributed by atoms with van der Waals surface area (Å²) in [5.41, 5.74) is 9.75. The second-order valence-corrected chi connectivity index (χ2v) is 2.79. The van der Waals surface area contributed by atoms with Gasteiger partial charge in [-0.3, -0.25) is 0 Å². The quantitative estimate of drug-likeness (QED) is 0.647. The largest absolute Gasteiger partial charge is 0.399 e. The summed E-state index contributed by atoms with van der Waals surface area (Å²) in [6.45, 7) is 7.81. The molecule has 0 saturated carbocycles. The molecule has 11 heavy (non-hydrogen) atoms. The second kappa shape index (κ2) is 2.79. The molecule has 0 bridgehead atoms. The third-order valence-corrected chi connectivity index (χ3v) is 1.80. The van der Waals surface area contributed by atoms with E-state index in [1.54, 1.807) is 0 Å². The summed E-state index contributed by atoms with van der Waals surface area (Å²) in [7, 11) is 0. The van der Waals surface area contributed by atoms with Gasteiger partial charge in [-0.25, -0.2) is 0 Å². The minimum Gasteiger partial charge on any atom is -0.399 e. The van der Waals surface area contributed by atoms with Gasteiger partial charge < -0.3 is 5.73 Å². The maximum Gasteiger partial charge on any atom is 0.0319 e. The maximum atomic E-state index is 5.62. The van der Waals surface area contributed by atoms with Crippen molar-refractivity contribution >= 4 is 5.70 Å². The Morgan fingerprint density at radius 2 is 1.73 bits per heavy atom. The summed E-state index contributed by atoms with van der Waals surface area (Å²) >= 11 is 0. The average Bonchev–Trinajstić information content (AvgIpc) is 1.85. The van der Waals surface area contributed by atoms with E-state index < -0.39 is 0 Å². The van der Waals surface area contributed by atoms with Crippen LogP contribution in [0.15, 0.2) is 24.8 Å². The fraction of sp³-hybridized carbons (Fsp3) is 0.200. The standard InChI is InChI=1S/C10H13N/c1-7-5-4-6-8(2)10(7)9(3)11/h4-6H,3,11H2,1-2H3. The van der Waals surface area contributed by atoms with Crippen molar-refractivity contribution in [3.05, 3.63) is 41.5 Å². The van der Waals surface area contributed by atoms with Crippen LogP contribution in [0.4, 0.5) is 0 Å². The van der Waals surface area contributed by atoms with Crippen LogP contribution in [0.1, 0.15) is 16.7 Å². The van der Waals surface area contributed by atoms with Gasteiger partial charge in [0.05, 0.1) is 0 Å². The molecule has 1 aromatic rings. The van der Waals surface area contributed by atoms with Crippen molar-refractivity contribution in [1.82, 2.24) is 0 Å². The van der Waals surface area contributed by atoms with Gasteiger partial charge in [0.25, 0.3) is 0 Å². The van der Waals surface area contributed by atoms with E-state index in [1.165, 1.54) is 11.1 Å². The Morgan fingerprint density at radius 3 is 2.00 bits per heavy atom. The molecule has 0 aliphatic heterocycles. The van der Waals surface area contributed by atoms with E-state index in [0.717, 1.165) is 5.56 Å². The van der Waals surface area contributed by atoms with Crippen molar-refractivity contribution in [1.29, 1.82) is 0 Å². The molecule has 58 valence electrons. The van der Waals surface area contributed by atoms with Gasteiger partial charge in [-0.05, 0) is 25.0 Å². The second-order valence-electron chi connectivity index (χ2n) is 2.79. The summed E-state index contributed by atoms with van der Waals surface area (Å²) in [5, 5.41) is 0. The van der Waals surface area contributed by atoms with Crippen molar-refractivity contribution in [2.24, 2.45) is 5.73 Å². The highest BCUT2D eigenvalue weighted by Crippen LogP contribution is 2.17. The highest BCUT2D eigenvalue weighted by molar-refractivity contribution is 5.66. The van der Waals surface area contributed by atoms with Crippen molar-refractivity contribution < 1.29 is 0 Å². The summed E-state index contributed by atoms with van der Waals surface area (Å²) in [4.78, 5) is 0. The first-order valence-electron chi connectivity index (χ1n) is 3.64. The Bertz CT molecular complexity index is 267. The molecule has 0 fully saturated rings. The molecule has 0 unspecified atom stereocenters. The molecule has 0 heterocycles. The minimum absolute atomic E-state index is 0.653. The van der Waals surface area contributed by atoms with Gasteiger partial charge in [-0.2, -0.15) is 0 Å². The van der Waals surface area contributed by atoms with Crippen LogP contribution in [-0.2, 0) is 0 Å². The lowest BCUT2D eigenvalue weighted by Crippen LogP contribution is -1.99. The van der Waals surface area contributed by atoms with E-state index in [9.17, 15) is 0 Å². The Morgan fingerprint density at radius 1 is 1.27 bits per heavy atom. The molecule has 0 aromatic heterocycles. The van der Waals surface area contributed by atoms with Crippen LogP contribution in [0.25, 0.3) is 5.70 Å². The first kappa shape index (κ1) is 7.86. The normalized spacial score (nSPS) is 9.64. The summed E-state index contributed by atoms with van der Waals surface area (Å²) in [6.07, 6.45) is 0. The lowest BCUT2D eigenvalue weighted by atomic mass is 10.0. The molecular weight excluding hydrogens is 134 g/mol. The molecule has 0 spiro atoms. The Balaban J connectivity index is 3.32. The van der Waals surface area contributed by atoms with Crippen molar-refractivity contribution in [3.8, 4) is 0 Å². The molecule has 0 aliphatic carbocycles. The van der Waals surface area contributed by atoms with E-state index in [4.69, 9.17) is 5.73 Å². The van der Waals surface area contributed by atoms with Gasteiger partial charge in [0.15, 0.2) is 0 Å². The Hall–Kier alpha value is -1.24. The van der Waals surface area contributed by atoms with E-state index >= 15 is 0 Å². The summed E-state index contributed by atoms with van der Waals surface area (Å²) < 4.78 is 0. The molecule has 1 heteroatoms. The smallest absolute Gasteiger partial charge is 0.0319 e. The Labute approximate surface area is 67.5 Å². The van der Waals surface area contributed by atoms with Gasteiger partial charge in [0.1, 0.15) is 0 Å². The molecule has 0 amide bonds. The predicted molar refractivity (Wildman–Crippen MR) is 49.1 cm³/mol. The number of hydrogen-bond donors (Lipinski definition) is 1. The third-order valence-electron chi connectivity index (χ3n) is 1.80. The zero-order chi connectivity index (χ0) is 8.43. The van der Waals surface area contributed by atoms with Crippen molar-refractivity contribution in [3.63, 3.8) is 0 Å². The first-order chi connectivity index (χ1) is 5.13. The zero-order valence-electron chi connectivity index (χ0n) is 7.02. The lowest BCUT2D eigenvalue weighted by molar-refractivity contribution is 1.32. The van der Waals surface area contributed by atoms with Gasteiger partial charge >= 0.3 is 0 Å². The molecule has 2 N–H and O–H groups in total. The number of aryl methyl sites for hydroxylation is 2. The van der Waals surface area contributed by atoms with Crippen LogP contribution in [0, 0.1) is 13.8 Å². The number of hydrogen-bond acceptors (Lipinski definition) is 1. The van der Waals surface area contributed by atoms with E-state index in [1.807, 2.05) is 32.0 Å². The molecule has 1 rings (SSSR count). The van der Waals surface area contributed by atoms with E-state index in [2.05, 4.69) is 6.58 Å². The summed E-state index contributed by atoms with van der Waals surface area (Å²) in [6, 6.07) is 6.11. The van der Waals surface area contributed by atoms with Gasteiger partial charge in [-0.15, -0.1) is 0 Å². The molecule has 0 saturated heterocycles. The minimum atomic E-state index is 0.653. The van der Waals surface area contributed by atoms with Crippen LogP contribution in [0.2, 0.25) is 0 Å². The molecular formula is C10H13N. The van der Waals surface area contributed by atoms with Crippen LogP contribution in [0.5, 0.6) is 0 Å². The number of benzene rings is 1. The third kappa shape index (κ3) is 1.43. The molecule has 0 aliphatic rings. The fourth-order valence-corrected chi connectivity index (χ4v) is 1.32. The lowest BCUT2D eigenvalue weighted by Gasteiger charge is -2.07. The molecule has 0 radical (unpaired) electrons. The topological polar surface area (TPSA) is 26.0 Å². The van der Waals surface area contributed by atoms with E-state index in [-0.39, 0.29) is 0 Å². The molecule has 1 nitrogen and oxygen atoms in total. The molecule has 1 aromatic carbocycles. The Kier molecular flexibility index (Phi) is 1.99. The zero-order valence-corrected chi connectivity index (χ0v) is 7.02. The first-order valence-corrected chi connectivity index (χ1v) is 3.64. The molecule has 0 atom stereocenters. The number of rotatable bonds is 1. The van der Waals surface area contributed by atoms with Crippen molar-refractivity contribution in [2.45, 2.75) is 13.8 Å². The summed E-state index contributed by atoms with van der Waals surface area (Å²) in [5.74, 6) is 0. The highest BCUT2D eigenvalue weighted by Gasteiger charge is 2.01. The SMILES string of the molecule is C=C(N)c1c(C)cccc1C. The monoisotopic (exact) mass is 147 g/mol. The van der Waals surface area contributed by atoms with Gasteiger partial charge in [-0.1, -0.05) is 24.8 Å². The van der Waals surface area contributed by atoms with Gasteiger partial charge in [0, 0.05) is 11.3 Å².